The number of imidazole rings is 1. The predicted octanol–water partition coefficient (Wildman–Crippen LogP) is 3.65. The van der Waals surface area contributed by atoms with Crippen molar-refractivity contribution in [3.63, 3.8) is 0 Å². The normalized spacial score (nSPS) is 13.5. The van der Waals surface area contributed by atoms with Gasteiger partial charge in [0.1, 0.15) is 18.0 Å². The van der Waals surface area contributed by atoms with Crippen LogP contribution in [0.15, 0.2) is 42.9 Å². The van der Waals surface area contributed by atoms with Gasteiger partial charge in [-0.2, -0.15) is 5.10 Å². The Morgan fingerprint density at radius 3 is 3.00 bits per heavy atom. The van der Waals surface area contributed by atoms with Crippen LogP contribution in [0.4, 0.5) is 4.39 Å². The van der Waals surface area contributed by atoms with Crippen LogP contribution in [0.25, 0.3) is 28.2 Å². The summed E-state index contributed by atoms with van der Waals surface area (Å²) < 4.78 is 18.5. The van der Waals surface area contributed by atoms with Crippen LogP contribution < -0.4 is 0 Å². The molecule has 25 heavy (non-hydrogen) atoms. The topological polar surface area (TPSA) is 48.0 Å². The maximum absolute atomic E-state index is 14.5. The zero-order chi connectivity index (χ0) is 17.0. The Hall–Kier alpha value is -3.02. The van der Waals surface area contributed by atoms with Crippen LogP contribution in [-0.4, -0.2) is 24.1 Å². The summed E-state index contributed by atoms with van der Waals surface area (Å²) in [4.78, 5) is 8.97. The zero-order valence-electron chi connectivity index (χ0n) is 13.8. The van der Waals surface area contributed by atoms with Gasteiger partial charge in [0.15, 0.2) is 5.65 Å². The lowest BCUT2D eigenvalue weighted by molar-refractivity contribution is 0.630. The van der Waals surface area contributed by atoms with E-state index in [-0.39, 0.29) is 5.82 Å². The van der Waals surface area contributed by atoms with Crippen LogP contribution in [0.3, 0.4) is 0 Å². The van der Waals surface area contributed by atoms with Crippen LogP contribution >= 0.6 is 0 Å². The van der Waals surface area contributed by atoms with Crippen molar-refractivity contribution in [1.29, 1.82) is 0 Å². The molecule has 0 N–H and O–H groups in total. The number of aromatic nitrogens is 5. The van der Waals surface area contributed by atoms with E-state index in [0.717, 1.165) is 47.7 Å². The quantitative estimate of drug-likeness (QED) is 0.562. The van der Waals surface area contributed by atoms with Gasteiger partial charge < -0.3 is 4.57 Å². The largest absolute Gasteiger partial charge is 0.327 e. The Kier molecular flexibility index (Phi) is 3.00. The molecular weight excluding hydrogens is 317 g/mol. The molecule has 0 aliphatic carbocycles. The summed E-state index contributed by atoms with van der Waals surface area (Å²) in [7, 11) is 0. The fourth-order valence-corrected chi connectivity index (χ4v) is 3.58. The first-order valence-corrected chi connectivity index (χ1v) is 8.36. The Bertz CT molecular complexity index is 1110. The lowest BCUT2D eigenvalue weighted by atomic mass is 10.0. The predicted molar refractivity (Wildman–Crippen MR) is 92.7 cm³/mol. The minimum absolute atomic E-state index is 0.245. The van der Waals surface area contributed by atoms with Gasteiger partial charge in [0.2, 0.25) is 0 Å². The molecule has 4 heterocycles. The third-order valence-corrected chi connectivity index (χ3v) is 4.75. The SMILES string of the molecule is Cc1ccc(F)c(-c2nc3n(c2-c2ccc4ncnn4c2)CCC3)c1. The molecule has 3 aromatic heterocycles. The third kappa shape index (κ3) is 2.17. The molecule has 124 valence electrons. The minimum atomic E-state index is -0.245. The van der Waals surface area contributed by atoms with E-state index >= 15 is 0 Å². The first-order valence-electron chi connectivity index (χ1n) is 8.36. The highest BCUT2D eigenvalue weighted by molar-refractivity contribution is 5.80. The molecule has 0 spiro atoms. The van der Waals surface area contributed by atoms with Gasteiger partial charge in [-0.05, 0) is 37.6 Å². The lowest BCUT2D eigenvalue weighted by Gasteiger charge is -2.10. The molecule has 6 heteroatoms. The fraction of sp³-hybridized carbons (Fsp3) is 0.211. The van der Waals surface area contributed by atoms with Crippen LogP contribution in [0.1, 0.15) is 17.8 Å². The summed E-state index contributed by atoms with van der Waals surface area (Å²) in [5.74, 6) is 0.773. The molecule has 0 saturated heterocycles. The van der Waals surface area contributed by atoms with Gasteiger partial charge in [-0.3, -0.25) is 0 Å². The van der Waals surface area contributed by atoms with Crippen LogP contribution in [0, 0.1) is 12.7 Å². The molecule has 5 nitrogen and oxygen atoms in total. The molecule has 5 rings (SSSR count). The van der Waals surface area contributed by atoms with Gasteiger partial charge >= 0.3 is 0 Å². The Morgan fingerprint density at radius 1 is 1.16 bits per heavy atom. The molecule has 0 unspecified atom stereocenters. The first-order chi connectivity index (χ1) is 12.2. The average Bonchev–Trinajstić information content (AvgIpc) is 3.30. The summed E-state index contributed by atoms with van der Waals surface area (Å²) in [6.07, 6.45) is 5.45. The second-order valence-corrected chi connectivity index (χ2v) is 6.44. The molecule has 0 saturated carbocycles. The molecule has 0 radical (unpaired) electrons. The van der Waals surface area contributed by atoms with Crippen LogP contribution in [0.5, 0.6) is 0 Å². The van der Waals surface area contributed by atoms with E-state index in [1.807, 2.05) is 31.3 Å². The van der Waals surface area contributed by atoms with Gasteiger partial charge in [-0.15, -0.1) is 0 Å². The van der Waals surface area contributed by atoms with Crippen molar-refractivity contribution in [2.75, 3.05) is 0 Å². The molecule has 0 bridgehead atoms. The van der Waals surface area contributed by atoms with E-state index in [2.05, 4.69) is 14.6 Å². The Morgan fingerprint density at radius 2 is 2.08 bits per heavy atom. The zero-order valence-corrected chi connectivity index (χ0v) is 13.8. The summed E-state index contributed by atoms with van der Waals surface area (Å²) in [6.45, 7) is 2.87. The van der Waals surface area contributed by atoms with Crippen LogP contribution in [0.2, 0.25) is 0 Å². The Balaban J connectivity index is 1.79. The number of hydrogen-bond acceptors (Lipinski definition) is 3. The monoisotopic (exact) mass is 333 g/mol. The number of pyridine rings is 1. The number of benzene rings is 1. The van der Waals surface area contributed by atoms with Gasteiger partial charge in [-0.1, -0.05) is 11.6 Å². The van der Waals surface area contributed by atoms with Gasteiger partial charge in [-0.25, -0.2) is 18.9 Å². The molecule has 0 amide bonds. The van der Waals surface area contributed by atoms with Gasteiger partial charge in [0.25, 0.3) is 0 Å². The summed E-state index contributed by atoms with van der Waals surface area (Å²) >= 11 is 0. The highest BCUT2D eigenvalue weighted by atomic mass is 19.1. The van der Waals surface area contributed by atoms with Crippen molar-refractivity contribution < 1.29 is 4.39 Å². The number of hydrogen-bond donors (Lipinski definition) is 0. The smallest absolute Gasteiger partial charge is 0.155 e. The fourth-order valence-electron chi connectivity index (χ4n) is 3.58. The minimum Gasteiger partial charge on any atom is -0.327 e. The lowest BCUT2D eigenvalue weighted by Crippen LogP contribution is -1.99. The molecule has 1 aromatic carbocycles. The number of halogens is 1. The highest BCUT2D eigenvalue weighted by Gasteiger charge is 2.25. The van der Waals surface area contributed by atoms with Gasteiger partial charge in [0, 0.05) is 30.3 Å². The standard InChI is InChI=1S/C19H16FN5/c1-12-4-6-15(20)14(9-12)18-19(24-8-2-3-17(24)23-18)13-5-7-16-21-11-22-25(16)10-13/h4-7,9-11H,2-3,8H2,1H3. The molecule has 0 fully saturated rings. The van der Waals surface area contributed by atoms with Crippen molar-refractivity contribution in [2.45, 2.75) is 26.3 Å². The van der Waals surface area contributed by atoms with E-state index in [4.69, 9.17) is 4.98 Å². The summed E-state index contributed by atoms with van der Waals surface area (Å²) in [5, 5.41) is 4.22. The Labute approximate surface area is 143 Å². The van der Waals surface area contributed by atoms with Crippen LogP contribution in [-0.2, 0) is 13.0 Å². The third-order valence-electron chi connectivity index (χ3n) is 4.75. The van der Waals surface area contributed by atoms with Crippen molar-refractivity contribution in [2.24, 2.45) is 0 Å². The van der Waals surface area contributed by atoms with E-state index < -0.39 is 0 Å². The number of rotatable bonds is 2. The van der Waals surface area contributed by atoms with E-state index in [9.17, 15) is 4.39 Å². The van der Waals surface area contributed by atoms with Crippen molar-refractivity contribution in [3.05, 3.63) is 60.1 Å². The van der Waals surface area contributed by atoms with Crippen molar-refractivity contribution >= 4 is 5.65 Å². The van der Waals surface area contributed by atoms with Gasteiger partial charge in [0.05, 0.1) is 11.4 Å². The number of aryl methyl sites for hydroxylation is 2. The maximum atomic E-state index is 14.5. The number of fused-ring (bicyclic) bond motifs is 2. The second kappa shape index (κ2) is 5.24. The summed E-state index contributed by atoms with van der Waals surface area (Å²) in [5.41, 5.74) is 4.98. The van der Waals surface area contributed by atoms with Crippen molar-refractivity contribution in [3.8, 4) is 22.5 Å². The van der Waals surface area contributed by atoms with E-state index in [1.165, 1.54) is 12.4 Å². The van der Waals surface area contributed by atoms with E-state index in [0.29, 0.717) is 11.3 Å². The molecule has 1 aliphatic heterocycles. The first kappa shape index (κ1) is 14.3. The second-order valence-electron chi connectivity index (χ2n) is 6.44. The average molecular weight is 333 g/mol. The van der Waals surface area contributed by atoms with E-state index in [1.54, 1.807) is 10.6 Å². The highest BCUT2D eigenvalue weighted by Crippen LogP contribution is 2.37. The molecule has 4 aromatic rings. The number of nitrogens with zero attached hydrogens (tertiary/aromatic N) is 5. The molecule has 0 atom stereocenters. The molecule has 1 aliphatic rings. The van der Waals surface area contributed by atoms with Crippen molar-refractivity contribution in [1.82, 2.24) is 24.1 Å². The maximum Gasteiger partial charge on any atom is 0.155 e. The summed E-state index contributed by atoms with van der Waals surface area (Å²) in [6, 6.07) is 9.09. The molecular formula is C19H16FN5.